The first-order valence-electron chi connectivity index (χ1n) is 6.76. The molecule has 2 heterocycles. The molecule has 2 N–H and O–H groups in total. The van der Waals surface area contributed by atoms with E-state index in [1.807, 2.05) is 4.90 Å². The van der Waals surface area contributed by atoms with Gasteiger partial charge in [-0.15, -0.1) is 0 Å². The Balaban J connectivity index is 1.63. The molecule has 2 fully saturated rings. The number of nitrogen functional groups attached to an aromatic ring is 1. The van der Waals surface area contributed by atoms with Crippen LogP contribution in [0.4, 0.5) is 11.4 Å². The maximum Gasteiger partial charge on any atom is 0.253 e. The van der Waals surface area contributed by atoms with Crippen molar-refractivity contribution in [1.29, 1.82) is 0 Å². The quantitative estimate of drug-likeness (QED) is 0.743. The average Bonchev–Trinajstić information content (AvgIpc) is 2.93. The minimum absolute atomic E-state index is 0.166. The Morgan fingerprint density at radius 3 is 2.11 bits per heavy atom. The molecule has 5 nitrogen and oxygen atoms in total. The van der Waals surface area contributed by atoms with Gasteiger partial charge in [-0.25, -0.2) is 0 Å². The number of piperidine rings is 1. The van der Waals surface area contributed by atoms with Gasteiger partial charge >= 0.3 is 0 Å². The van der Waals surface area contributed by atoms with Gasteiger partial charge in [-0.05, 0) is 38.8 Å². The molecule has 2 aliphatic heterocycles. The van der Waals surface area contributed by atoms with Crippen molar-refractivity contribution in [3.63, 3.8) is 0 Å². The fraction of sp³-hybridized carbons (Fsp3) is 0.692. The lowest BCUT2D eigenvalue weighted by molar-refractivity contribution is 0.208. The van der Waals surface area contributed by atoms with E-state index in [0.717, 1.165) is 25.9 Å². The summed E-state index contributed by atoms with van der Waals surface area (Å²) in [5.41, 5.74) is 5.34. The highest BCUT2D eigenvalue weighted by Crippen LogP contribution is 2.25. The second-order valence-electron chi connectivity index (χ2n) is 5.38. The molecule has 0 bridgehead atoms. The zero-order valence-corrected chi connectivity index (χ0v) is 10.5. The van der Waals surface area contributed by atoms with Crippen LogP contribution < -0.4 is 21.5 Å². The van der Waals surface area contributed by atoms with Gasteiger partial charge in [0.25, 0.3) is 10.9 Å². The van der Waals surface area contributed by atoms with Crippen LogP contribution in [0.15, 0.2) is 9.59 Å². The van der Waals surface area contributed by atoms with E-state index in [0.29, 0.717) is 11.7 Å². The normalized spacial score (nSPS) is 23.0. The number of nitrogens with two attached hydrogens (primary N) is 1. The zero-order chi connectivity index (χ0) is 12.7. The molecule has 3 rings (SSSR count). The first-order chi connectivity index (χ1) is 8.68. The Bertz CT molecular complexity index is 504. The molecule has 0 amide bonds. The SMILES string of the molecule is Nc1c(N2CCC(N3CCCC3)CC2)c(=O)c1=O. The fourth-order valence-corrected chi connectivity index (χ4v) is 3.27. The van der Waals surface area contributed by atoms with Gasteiger partial charge in [-0.3, -0.25) is 9.59 Å². The van der Waals surface area contributed by atoms with Gasteiger partial charge in [0.1, 0.15) is 11.4 Å². The minimum Gasteiger partial charge on any atom is -0.394 e. The molecule has 1 aromatic carbocycles. The van der Waals surface area contributed by atoms with Crippen molar-refractivity contribution in [2.75, 3.05) is 36.8 Å². The van der Waals surface area contributed by atoms with Gasteiger partial charge in [0.15, 0.2) is 0 Å². The standard InChI is InChI=1S/C13H19N3O2/c14-10-11(13(18)12(10)17)16-7-3-9(4-8-16)15-5-1-2-6-15/h9H,1-8,14H2. The highest BCUT2D eigenvalue weighted by Gasteiger charge is 2.30. The van der Waals surface area contributed by atoms with E-state index in [-0.39, 0.29) is 5.69 Å². The molecule has 0 atom stereocenters. The van der Waals surface area contributed by atoms with Crippen LogP contribution in [0.1, 0.15) is 25.7 Å². The largest absolute Gasteiger partial charge is 0.394 e. The lowest BCUT2D eigenvalue weighted by atomic mass is 10.0. The number of hydrogen-bond acceptors (Lipinski definition) is 5. The van der Waals surface area contributed by atoms with E-state index in [1.54, 1.807) is 0 Å². The van der Waals surface area contributed by atoms with E-state index < -0.39 is 10.9 Å². The summed E-state index contributed by atoms with van der Waals surface area (Å²) in [6.07, 6.45) is 4.76. The predicted octanol–water partition coefficient (Wildman–Crippen LogP) is -0.0706. The lowest BCUT2D eigenvalue weighted by Crippen LogP contribution is -2.49. The van der Waals surface area contributed by atoms with Gasteiger partial charge in [0.05, 0.1) is 0 Å². The maximum atomic E-state index is 11.5. The summed E-state index contributed by atoms with van der Waals surface area (Å²) in [7, 11) is 0. The van der Waals surface area contributed by atoms with E-state index >= 15 is 0 Å². The number of nitrogens with zero attached hydrogens (tertiary/aromatic N) is 2. The van der Waals surface area contributed by atoms with Gasteiger partial charge in [0, 0.05) is 19.1 Å². The lowest BCUT2D eigenvalue weighted by Gasteiger charge is -2.38. The van der Waals surface area contributed by atoms with E-state index in [1.165, 1.54) is 25.9 Å². The van der Waals surface area contributed by atoms with Crippen molar-refractivity contribution < 1.29 is 0 Å². The summed E-state index contributed by atoms with van der Waals surface area (Å²) >= 11 is 0. The van der Waals surface area contributed by atoms with Crippen LogP contribution in [0, 0.1) is 0 Å². The number of anilines is 2. The van der Waals surface area contributed by atoms with Gasteiger partial charge < -0.3 is 15.5 Å². The molecule has 2 aliphatic rings. The molecule has 0 radical (unpaired) electrons. The summed E-state index contributed by atoms with van der Waals surface area (Å²) in [4.78, 5) is 27.1. The number of hydrogen-bond donors (Lipinski definition) is 1. The van der Waals surface area contributed by atoms with Crippen molar-refractivity contribution in [2.24, 2.45) is 0 Å². The van der Waals surface area contributed by atoms with E-state index in [2.05, 4.69) is 4.90 Å². The Hall–Kier alpha value is -1.36. The first-order valence-corrected chi connectivity index (χ1v) is 6.76. The highest BCUT2D eigenvalue weighted by molar-refractivity contribution is 5.72. The summed E-state index contributed by atoms with van der Waals surface area (Å²) in [6, 6.07) is 0.649. The van der Waals surface area contributed by atoms with Crippen molar-refractivity contribution in [3.8, 4) is 0 Å². The van der Waals surface area contributed by atoms with E-state index in [9.17, 15) is 9.59 Å². The molecular formula is C13H19N3O2. The second kappa shape index (κ2) is 4.39. The number of rotatable bonds is 2. The monoisotopic (exact) mass is 249 g/mol. The number of likely N-dealkylation sites (tertiary alicyclic amines) is 1. The van der Waals surface area contributed by atoms with Gasteiger partial charge in [-0.1, -0.05) is 0 Å². The van der Waals surface area contributed by atoms with Crippen molar-refractivity contribution in [1.82, 2.24) is 4.90 Å². The Morgan fingerprint density at radius 1 is 0.944 bits per heavy atom. The summed E-state index contributed by atoms with van der Waals surface area (Å²) in [6.45, 7) is 4.12. The smallest absolute Gasteiger partial charge is 0.253 e. The summed E-state index contributed by atoms with van der Waals surface area (Å²) in [5.74, 6) is 0. The summed E-state index contributed by atoms with van der Waals surface area (Å²) in [5, 5.41) is 0. The molecule has 0 saturated carbocycles. The zero-order valence-electron chi connectivity index (χ0n) is 10.5. The molecule has 0 aliphatic carbocycles. The minimum atomic E-state index is -0.508. The van der Waals surface area contributed by atoms with Crippen LogP contribution in [0.2, 0.25) is 0 Å². The molecule has 1 aromatic rings. The molecule has 2 saturated heterocycles. The fourth-order valence-electron chi connectivity index (χ4n) is 3.27. The Labute approximate surface area is 106 Å². The maximum absolute atomic E-state index is 11.5. The Kier molecular flexibility index (Phi) is 2.86. The predicted molar refractivity (Wildman–Crippen MR) is 71.8 cm³/mol. The molecular weight excluding hydrogens is 230 g/mol. The van der Waals surface area contributed by atoms with Crippen LogP contribution in [0.25, 0.3) is 0 Å². The van der Waals surface area contributed by atoms with Crippen LogP contribution in [-0.4, -0.2) is 37.1 Å². The van der Waals surface area contributed by atoms with Crippen LogP contribution >= 0.6 is 0 Å². The van der Waals surface area contributed by atoms with Crippen molar-refractivity contribution in [2.45, 2.75) is 31.7 Å². The first kappa shape index (κ1) is 11.7. The third kappa shape index (κ3) is 1.73. The molecule has 0 spiro atoms. The molecule has 0 aromatic heterocycles. The molecule has 5 heteroatoms. The van der Waals surface area contributed by atoms with Crippen molar-refractivity contribution >= 4 is 11.4 Å². The average molecular weight is 249 g/mol. The second-order valence-corrected chi connectivity index (χ2v) is 5.38. The van der Waals surface area contributed by atoms with Gasteiger partial charge in [-0.2, -0.15) is 0 Å². The third-order valence-electron chi connectivity index (χ3n) is 4.36. The van der Waals surface area contributed by atoms with Crippen LogP contribution in [0.5, 0.6) is 0 Å². The van der Waals surface area contributed by atoms with Crippen LogP contribution in [-0.2, 0) is 0 Å². The van der Waals surface area contributed by atoms with E-state index in [4.69, 9.17) is 5.73 Å². The highest BCUT2D eigenvalue weighted by atomic mass is 16.2. The third-order valence-corrected chi connectivity index (χ3v) is 4.36. The Morgan fingerprint density at radius 2 is 1.56 bits per heavy atom. The molecule has 18 heavy (non-hydrogen) atoms. The van der Waals surface area contributed by atoms with Crippen LogP contribution in [0.3, 0.4) is 0 Å². The molecule has 0 unspecified atom stereocenters. The summed E-state index contributed by atoms with van der Waals surface area (Å²) < 4.78 is 0. The molecule has 98 valence electrons. The van der Waals surface area contributed by atoms with Crippen molar-refractivity contribution in [3.05, 3.63) is 20.4 Å². The topological polar surface area (TPSA) is 66.6 Å². The van der Waals surface area contributed by atoms with Gasteiger partial charge in [0.2, 0.25) is 0 Å².